The zero-order valence-corrected chi connectivity index (χ0v) is 17.4. The van der Waals surface area contributed by atoms with Crippen LogP contribution in [0.4, 0.5) is 23.2 Å². The van der Waals surface area contributed by atoms with Crippen molar-refractivity contribution in [2.75, 3.05) is 5.32 Å². The van der Waals surface area contributed by atoms with Crippen molar-refractivity contribution in [1.29, 1.82) is 0 Å². The number of nitrogens with one attached hydrogen (secondary N) is 1. The lowest BCUT2D eigenvalue weighted by Crippen LogP contribution is -2.20. The Morgan fingerprint density at radius 3 is 2.16 bits per heavy atom. The van der Waals surface area contributed by atoms with Gasteiger partial charge >= 0.3 is 12.1 Å². The summed E-state index contributed by atoms with van der Waals surface area (Å²) in [5, 5.41) is 12.0. The molecule has 0 atom stereocenters. The number of carbonyl (C=O) groups excluding carboxylic acids is 1. The molecule has 1 amide bonds. The molecular weight excluding hydrogens is 482 g/mol. The van der Waals surface area contributed by atoms with Crippen LogP contribution in [0, 0.1) is 12.7 Å². The minimum Gasteiger partial charge on any atom is -0.478 e. The molecule has 0 fully saturated rings. The summed E-state index contributed by atoms with van der Waals surface area (Å²) in [4.78, 5) is 24.9. The minimum atomic E-state index is -4.74. The molecule has 3 aromatic rings. The number of anilines is 1. The number of carbonyl (C=O) groups is 2. The van der Waals surface area contributed by atoms with Crippen LogP contribution in [-0.4, -0.2) is 17.0 Å². The van der Waals surface area contributed by atoms with Gasteiger partial charge in [0.15, 0.2) is 0 Å². The predicted octanol–water partition coefficient (Wildman–Crippen LogP) is 6.53. The normalized spacial score (nSPS) is 11.3. The molecule has 3 aromatic carbocycles. The number of amides is 1. The summed E-state index contributed by atoms with van der Waals surface area (Å²) in [5.41, 5.74) is -1.10. The van der Waals surface area contributed by atoms with E-state index in [1.165, 1.54) is 6.92 Å². The summed E-state index contributed by atoms with van der Waals surface area (Å²) >= 11 is 3.29. The van der Waals surface area contributed by atoms with E-state index in [2.05, 4.69) is 21.2 Å². The molecule has 160 valence electrons. The molecular formula is C22H14BrF4NO3. The van der Waals surface area contributed by atoms with Crippen LogP contribution in [0.5, 0.6) is 0 Å². The topological polar surface area (TPSA) is 66.4 Å². The van der Waals surface area contributed by atoms with Crippen molar-refractivity contribution in [2.24, 2.45) is 0 Å². The van der Waals surface area contributed by atoms with Crippen molar-refractivity contribution in [3.8, 4) is 11.1 Å². The largest absolute Gasteiger partial charge is 0.478 e. The first-order chi connectivity index (χ1) is 14.5. The van der Waals surface area contributed by atoms with Gasteiger partial charge in [0, 0.05) is 4.47 Å². The molecule has 0 aliphatic rings. The third-order valence-corrected chi connectivity index (χ3v) is 5.08. The Morgan fingerprint density at radius 2 is 1.61 bits per heavy atom. The Bertz CT molecular complexity index is 1170. The summed E-state index contributed by atoms with van der Waals surface area (Å²) in [5.74, 6) is -3.62. The molecule has 0 saturated heterocycles. The highest BCUT2D eigenvalue weighted by molar-refractivity contribution is 9.10. The van der Waals surface area contributed by atoms with E-state index in [0.29, 0.717) is 17.2 Å². The van der Waals surface area contributed by atoms with Crippen LogP contribution in [0.1, 0.15) is 31.8 Å². The van der Waals surface area contributed by atoms with Crippen molar-refractivity contribution in [1.82, 2.24) is 0 Å². The van der Waals surface area contributed by atoms with E-state index >= 15 is 0 Å². The molecule has 4 nitrogen and oxygen atoms in total. The SMILES string of the molecule is Cc1ccc(-c2ccc(Br)cc2)c(C(=O)O)c1C(=O)Nc1ccc(C(F)(F)F)cc1F. The van der Waals surface area contributed by atoms with Crippen LogP contribution < -0.4 is 5.32 Å². The molecule has 9 heteroatoms. The van der Waals surface area contributed by atoms with E-state index in [4.69, 9.17) is 0 Å². The summed E-state index contributed by atoms with van der Waals surface area (Å²) in [6.45, 7) is 1.51. The number of aryl methyl sites for hydroxylation is 1. The lowest BCUT2D eigenvalue weighted by atomic mass is 9.91. The van der Waals surface area contributed by atoms with E-state index in [9.17, 15) is 32.3 Å². The zero-order valence-electron chi connectivity index (χ0n) is 15.8. The van der Waals surface area contributed by atoms with Crippen LogP contribution in [0.15, 0.2) is 59.1 Å². The van der Waals surface area contributed by atoms with Gasteiger partial charge in [0.1, 0.15) is 5.82 Å². The van der Waals surface area contributed by atoms with Gasteiger partial charge in [-0.05, 0) is 53.9 Å². The van der Waals surface area contributed by atoms with Crippen molar-refractivity contribution in [2.45, 2.75) is 13.1 Å². The highest BCUT2D eigenvalue weighted by Gasteiger charge is 2.31. The van der Waals surface area contributed by atoms with Gasteiger partial charge in [0.05, 0.1) is 22.4 Å². The van der Waals surface area contributed by atoms with E-state index in [1.54, 1.807) is 36.4 Å². The minimum absolute atomic E-state index is 0.216. The van der Waals surface area contributed by atoms with E-state index < -0.39 is 35.1 Å². The molecule has 0 saturated carbocycles. The summed E-state index contributed by atoms with van der Waals surface area (Å²) in [7, 11) is 0. The maximum Gasteiger partial charge on any atom is 0.416 e. The average Bonchev–Trinajstić information content (AvgIpc) is 2.69. The Hall–Kier alpha value is -3.20. The number of carboxylic acid groups (broad SMARTS) is 1. The molecule has 0 unspecified atom stereocenters. The molecule has 0 radical (unpaired) electrons. The second-order valence-corrected chi connectivity index (χ2v) is 7.55. The number of hydrogen-bond acceptors (Lipinski definition) is 2. The summed E-state index contributed by atoms with van der Waals surface area (Å²) in [6.07, 6.45) is -4.74. The van der Waals surface area contributed by atoms with E-state index in [1.807, 2.05) is 0 Å². The molecule has 2 N–H and O–H groups in total. The van der Waals surface area contributed by atoms with Crippen LogP contribution >= 0.6 is 15.9 Å². The van der Waals surface area contributed by atoms with Crippen LogP contribution in [-0.2, 0) is 6.18 Å². The van der Waals surface area contributed by atoms with Gasteiger partial charge < -0.3 is 10.4 Å². The molecule has 0 bridgehead atoms. The fourth-order valence-corrected chi connectivity index (χ4v) is 3.33. The maximum absolute atomic E-state index is 14.2. The fraction of sp³-hybridized carbons (Fsp3) is 0.0909. The monoisotopic (exact) mass is 495 g/mol. The zero-order chi connectivity index (χ0) is 22.9. The quantitative estimate of drug-likeness (QED) is 0.404. The van der Waals surface area contributed by atoms with Crippen LogP contribution in [0.2, 0.25) is 0 Å². The molecule has 0 aliphatic carbocycles. The number of aromatic carboxylic acids is 1. The van der Waals surface area contributed by atoms with Crippen molar-refractivity contribution >= 4 is 33.5 Å². The highest BCUT2D eigenvalue weighted by Crippen LogP contribution is 2.33. The molecule has 0 aromatic heterocycles. The summed E-state index contributed by atoms with van der Waals surface area (Å²) in [6, 6.07) is 11.5. The van der Waals surface area contributed by atoms with Gasteiger partial charge in [-0.25, -0.2) is 9.18 Å². The van der Waals surface area contributed by atoms with Gasteiger partial charge in [0.2, 0.25) is 0 Å². The number of halogens is 5. The fourth-order valence-electron chi connectivity index (χ4n) is 3.07. The smallest absolute Gasteiger partial charge is 0.416 e. The first-order valence-corrected chi connectivity index (χ1v) is 9.59. The Morgan fingerprint density at radius 1 is 0.968 bits per heavy atom. The number of alkyl halides is 3. The Kier molecular flexibility index (Phi) is 6.17. The molecule has 3 rings (SSSR count). The average molecular weight is 496 g/mol. The Labute approximate surface area is 182 Å². The highest BCUT2D eigenvalue weighted by atomic mass is 79.9. The predicted molar refractivity (Wildman–Crippen MR) is 111 cm³/mol. The van der Waals surface area contributed by atoms with E-state index in [0.717, 1.165) is 10.5 Å². The van der Waals surface area contributed by atoms with Crippen molar-refractivity contribution in [3.63, 3.8) is 0 Å². The molecule has 0 aliphatic heterocycles. The first kappa shape index (κ1) is 22.5. The summed E-state index contributed by atoms with van der Waals surface area (Å²) < 4.78 is 53.1. The molecule has 0 heterocycles. The number of benzene rings is 3. The molecule has 31 heavy (non-hydrogen) atoms. The maximum atomic E-state index is 14.2. The van der Waals surface area contributed by atoms with Crippen molar-refractivity contribution < 1.29 is 32.3 Å². The van der Waals surface area contributed by atoms with E-state index in [-0.39, 0.29) is 22.8 Å². The number of carboxylic acids is 1. The lowest BCUT2D eigenvalue weighted by Gasteiger charge is -2.16. The standard InChI is InChI=1S/C22H14BrF4NO3/c1-11-2-8-15(12-3-6-14(23)7-4-12)19(21(30)31)18(11)20(29)28-17-9-5-13(10-16(17)24)22(25,26)27/h2-10H,1H3,(H,28,29)(H,30,31). The van der Waals surface area contributed by atoms with Crippen LogP contribution in [0.3, 0.4) is 0 Å². The second-order valence-electron chi connectivity index (χ2n) is 6.64. The second kappa shape index (κ2) is 8.50. The van der Waals surface area contributed by atoms with Gasteiger partial charge in [-0.2, -0.15) is 13.2 Å². The van der Waals surface area contributed by atoms with Crippen molar-refractivity contribution in [3.05, 3.63) is 87.1 Å². The lowest BCUT2D eigenvalue weighted by molar-refractivity contribution is -0.137. The van der Waals surface area contributed by atoms with Gasteiger partial charge in [-0.3, -0.25) is 4.79 Å². The number of rotatable bonds is 4. The number of hydrogen-bond donors (Lipinski definition) is 2. The Balaban J connectivity index is 2.06. The molecule has 0 spiro atoms. The van der Waals surface area contributed by atoms with Gasteiger partial charge in [0.25, 0.3) is 5.91 Å². The van der Waals surface area contributed by atoms with Gasteiger partial charge in [-0.15, -0.1) is 0 Å². The van der Waals surface area contributed by atoms with Gasteiger partial charge in [-0.1, -0.05) is 40.2 Å². The first-order valence-electron chi connectivity index (χ1n) is 8.80. The van der Waals surface area contributed by atoms with Crippen LogP contribution in [0.25, 0.3) is 11.1 Å². The third kappa shape index (κ3) is 4.77. The third-order valence-electron chi connectivity index (χ3n) is 4.55.